The van der Waals surface area contributed by atoms with Crippen LogP contribution in [0, 0.1) is 0 Å². The highest BCUT2D eigenvalue weighted by molar-refractivity contribution is 5.40. The van der Waals surface area contributed by atoms with Crippen LogP contribution in [-0.2, 0) is 6.42 Å². The average molecular weight is 260 g/mol. The van der Waals surface area contributed by atoms with E-state index in [9.17, 15) is 0 Å². The highest BCUT2D eigenvalue weighted by atomic mass is 16.5. The lowest BCUT2D eigenvalue weighted by Crippen LogP contribution is -2.45. The Bertz CT molecular complexity index is 427. The van der Waals surface area contributed by atoms with E-state index in [0.717, 1.165) is 45.0 Å². The molecule has 104 valence electrons. The third kappa shape index (κ3) is 2.77. The molecule has 3 nitrogen and oxygen atoms in total. The van der Waals surface area contributed by atoms with Crippen molar-refractivity contribution in [2.45, 2.75) is 32.2 Å². The van der Waals surface area contributed by atoms with E-state index in [1.165, 1.54) is 24.0 Å². The summed E-state index contributed by atoms with van der Waals surface area (Å²) in [4.78, 5) is 2.64. The molecule has 2 aliphatic rings. The molecule has 3 rings (SSSR count). The van der Waals surface area contributed by atoms with E-state index in [-0.39, 0.29) is 0 Å². The van der Waals surface area contributed by atoms with Crippen LogP contribution in [0.2, 0.25) is 0 Å². The molecule has 1 atom stereocenters. The number of rotatable bonds is 4. The molecular formula is C16H24N2O. The molecule has 0 amide bonds. The number of piperazine rings is 1. The minimum Gasteiger partial charge on any atom is -0.493 e. The molecule has 0 unspecified atom stereocenters. The molecule has 19 heavy (non-hydrogen) atoms. The fraction of sp³-hybridized carbons (Fsp3) is 0.625. The number of benzene rings is 1. The van der Waals surface area contributed by atoms with Crippen LogP contribution in [0.1, 0.15) is 36.9 Å². The van der Waals surface area contributed by atoms with Crippen LogP contribution < -0.4 is 10.1 Å². The molecule has 0 saturated carbocycles. The van der Waals surface area contributed by atoms with E-state index < -0.39 is 0 Å². The van der Waals surface area contributed by atoms with Gasteiger partial charge in [-0.25, -0.2) is 0 Å². The monoisotopic (exact) mass is 260 g/mol. The fourth-order valence-electron chi connectivity index (χ4n) is 3.24. The summed E-state index contributed by atoms with van der Waals surface area (Å²) in [6.45, 7) is 7.70. The van der Waals surface area contributed by atoms with Crippen LogP contribution in [0.3, 0.4) is 0 Å². The lowest BCUT2D eigenvalue weighted by atomic mass is 9.97. The van der Waals surface area contributed by atoms with Gasteiger partial charge in [-0.1, -0.05) is 25.5 Å². The number of ether oxygens (including phenoxy) is 1. The topological polar surface area (TPSA) is 24.5 Å². The number of hydrogen-bond donors (Lipinski definition) is 1. The van der Waals surface area contributed by atoms with Gasteiger partial charge in [0.25, 0.3) is 0 Å². The average Bonchev–Trinajstić information content (AvgIpc) is 2.93. The maximum atomic E-state index is 5.62. The summed E-state index contributed by atoms with van der Waals surface area (Å²) in [6, 6.07) is 7.40. The van der Waals surface area contributed by atoms with Gasteiger partial charge in [-0.15, -0.1) is 0 Å². The second kappa shape index (κ2) is 5.93. The molecule has 1 aromatic rings. The molecule has 1 fully saturated rings. The first-order chi connectivity index (χ1) is 9.38. The minimum atomic E-state index is 0.581. The standard InChI is InChI=1S/C16H24N2O/c1-2-3-15(18-9-7-17-8-10-18)13-4-5-16-14(12-13)6-11-19-16/h4-5,12,15,17H,2-3,6-11H2,1H3/t15-/m1/s1. The molecule has 2 aliphatic heterocycles. The van der Waals surface area contributed by atoms with Crippen LogP contribution in [0.5, 0.6) is 5.75 Å². The van der Waals surface area contributed by atoms with E-state index in [0.29, 0.717) is 6.04 Å². The van der Waals surface area contributed by atoms with Crippen LogP contribution in [-0.4, -0.2) is 37.7 Å². The van der Waals surface area contributed by atoms with Crippen molar-refractivity contribution in [1.29, 1.82) is 0 Å². The Morgan fingerprint density at radius 3 is 2.95 bits per heavy atom. The molecule has 1 N–H and O–H groups in total. The first-order valence-electron chi connectivity index (χ1n) is 7.59. The lowest BCUT2D eigenvalue weighted by Gasteiger charge is -2.35. The third-order valence-corrected chi connectivity index (χ3v) is 4.25. The minimum absolute atomic E-state index is 0.581. The van der Waals surface area contributed by atoms with Crippen molar-refractivity contribution >= 4 is 0 Å². The predicted molar refractivity (Wildman–Crippen MR) is 77.7 cm³/mol. The van der Waals surface area contributed by atoms with Gasteiger partial charge in [0.1, 0.15) is 5.75 Å². The van der Waals surface area contributed by atoms with E-state index in [2.05, 4.69) is 35.3 Å². The van der Waals surface area contributed by atoms with Crippen molar-refractivity contribution in [3.05, 3.63) is 29.3 Å². The zero-order valence-electron chi connectivity index (χ0n) is 11.8. The quantitative estimate of drug-likeness (QED) is 0.899. The smallest absolute Gasteiger partial charge is 0.122 e. The first-order valence-corrected chi connectivity index (χ1v) is 7.59. The number of hydrogen-bond acceptors (Lipinski definition) is 3. The summed E-state index contributed by atoms with van der Waals surface area (Å²) >= 11 is 0. The summed E-state index contributed by atoms with van der Waals surface area (Å²) in [5.74, 6) is 1.10. The molecule has 3 heteroatoms. The Balaban J connectivity index is 1.82. The van der Waals surface area contributed by atoms with Gasteiger partial charge in [-0.2, -0.15) is 0 Å². The van der Waals surface area contributed by atoms with Gasteiger partial charge < -0.3 is 10.1 Å². The zero-order valence-corrected chi connectivity index (χ0v) is 11.8. The van der Waals surface area contributed by atoms with Gasteiger partial charge in [0.15, 0.2) is 0 Å². The van der Waals surface area contributed by atoms with Crippen molar-refractivity contribution in [3.63, 3.8) is 0 Å². The van der Waals surface area contributed by atoms with E-state index in [4.69, 9.17) is 4.74 Å². The summed E-state index contributed by atoms with van der Waals surface area (Å²) in [5.41, 5.74) is 2.88. The Kier molecular flexibility index (Phi) is 4.04. The SMILES string of the molecule is CCC[C@H](c1ccc2c(c1)CCO2)N1CCNCC1. The van der Waals surface area contributed by atoms with Crippen molar-refractivity contribution in [2.24, 2.45) is 0 Å². The van der Waals surface area contributed by atoms with E-state index >= 15 is 0 Å². The Morgan fingerprint density at radius 1 is 1.32 bits per heavy atom. The van der Waals surface area contributed by atoms with Crippen LogP contribution in [0.15, 0.2) is 18.2 Å². The largest absolute Gasteiger partial charge is 0.493 e. The molecule has 0 radical (unpaired) electrons. The van der Waals surface area contributed by atoms with Gasteiger partial charge in [-0.3, -0.25) is 4.90 Å². The van der Waals surface area contributed by atoms with Crippen molar-refractivity contribution in [1.82, 2.24) is 10.2 Å². The molecule has 0 bridgehead atoms. The van der Waals surface area contributed by atoms with Crippen molar-refractivity contribution < 1.29 is 4.74 Å². The second-order valence-corrected chi connectivity index (χ2v) is 5.56. The summed E-state index contributed by atoms with van der Waals surface area (Å²) in [6.07, 6.45) is 3.56. The molecule has 0 aliphatic carbocycles. The highest BCUT2D eigenvalue weighted by Gasteiger charge is 2.23. The van der Waals surface area contributed by atoms with Crippen molar-refractivity contribution in [3.8, 4) is 5.75 Å². The van der Waals surface area contributed by atoms with Crippen LogP contribution >= 0.6 is 0 Å². The predicted octanol–water partition coefficient (Wildman–Crippen LogP) is 2.37. The lowest BCUT2D eigenvalue weighted by molar-refractivity contribution is 0.164. The van der Waals surface area contributed by atoms with Gasteiger partial charge in [0.05, 0.1) is 6.61 Å². The molecular weight excluding hydrogens is 236 g/mol. The maximum Gasteiger partial charge on any atom is 0.122 e. The molecule has 1 saturated heterocycles. The first kappa shape index (κ1) is 12.9. The normalized spacial score (nSPS) is 20.9. The van der Waals surface area contributed by atoms with Gasteiger partial charge in [0, 0.05) is 38.6 Å². The highest BCUT2D eigenvalue weighted by Crippen LogP contribution is 2.32. The van der Waals surface area contributed by atoms with E-state index in [1.807, 2.05) is 0 Å². The summed E-state index contributed by atoms with van der Waals surface area (Å²) < 4.78 is 5.62. The maximum absolute atomic E-state index is 5.62. The third-order valence-electron chi connectivity index (χ3n) is 4.25. The molecule has 0 aromatic heterocycles. The summed E-state index contributed by atoms with van der Waals surface area (Å²) in [7, 11) is 0. The zero-order chi connectivity index (χ0) is 13.1. The Labute approximate surface area is 115 Å². The van der Waals surface area contributed by atoms with Crippen LogP contribution in [0.25, 0.3) is 0 Å². The fourth-order valence-corrected chi connectivity index (χ4v) is 3.24. The second-order valence-electron chi connectivity index (χ2n) is 5.56. The van der Waals surface area contributed by atoms with E-state index in [1.54, 1.807) is 0 Å². The van der Waals surface area contributed by atoms with Gasteiger partial charge in [-0.05, 0) is 23.6 Å². The number of nitrogens with zero attached hydrogens (tertiary/aromatic N) is 1. The Hall–Kier alpha value is -1.06. The van der Waals surface area contributed by atoms with Crippen LogP contribution in [0.4, 0.5) is 0 Å². The molecule has 2 heterocycles. The van der Waals surface area contributed by atoms with Crippen molar-refractivity contribution in [2.75, 3.05) is 32.8 Å². The Morgan fingerprint density at radius 2 is 2.16 bits per heavy atom. The molecule has 0 spiro atoms. The van der Waals surface area contributed by atoms with Gasteiger partial charge >= 0.3 is 0 Å². The number of fused-ring (bicyclic) bond motifs is 1. The number of nitrogens with one attached hydrogen (secondary N) is 1. The van der Waals surface area contributed by atoms with Gasteiger partial charge in [0.2, 0.25) is 0 Å². The summed E-state index contributed by atoms with van der Waals surface area (Å²) in [5, 5.41) is 3.44. The molecule has 1 aromatic carbocycles.